The second kappa shape index (κ2) is 3.56. The molecule has 2 saturated heterocycles. The smallest absolute Gasteiger partial charge is 0.0254 e. The molecule has 76 valence electrons. The highest BCUT2D eigenvalue weighted by molar-refractivity contribution is 4.92. The van der Waals surface area contributed by atoms with Gasteiger partial charge in [0.15, 0.2) is 0 Å². The van der Waals surface area contributed by atoms with Crippen LogP contribution in [0.15, 0.2) is 0 Å². The van der Waals surface area contributed by atoms with Crippen molar-refractivity contribution in [2.75, 3.05) is 26.2 Å². The van der Waals surface area contributed by atoms with Gasteiger partial charge in [0.05, 0.1) is 0 Å². The van der Waals surface area contributed by atoms with E-state index < -0.39 is 0 Å². The molecule has 2 aliphatic heterocycles. The third-order valence-electron chi connectivity index (χ3n) is 3.43. The number of piperidine rings is 1. The molecule has 3 unspecified atom stereocenters. The quantitative estimate of drug-likeness (QED) is 0.492. The van der Waals surface area contributed by atoms with Gasteiger partial charge in [0.1, 0.15) is 0 Å². The topological polar surface area (TPSA) is 50.1 Å². The molecule has 3 nitrogen and oxygen atoms in total. The monoisotopic (exact) mass is 183 g/mol. The molecule has 0 aromatic rings. The number of nitrogens with one attached hydrogen (secondary N) is 2. The molecule has 4 N–H and O–H groups in total. The van der Waals surface area contributed by atoms with E-state index in [0.29, 0.717) is 0 Å². The summed E-state index contributed by atoms with van der Waals surface area (Å²) in [4.78, 5) is 0. The normalized spacial score (nSPS) is 46.6. The zero-order valence-electron chi connectivity index (χ0n) is 8.47. The highest BCUT2D eigenvalue weighted by atomic mass is 15.0. The van der Waals surface area contributed by atoms with Gasteiger partial charge in [-0.15, -0.1) is 0 Å². The first-order valence-corrected chi connectivity index (χ1v) is 5.38. The van der Waals surface area contributed by atoms with Crippen LogP contribution in [0.1, 0.15) is 19.8 Å². The maximum Gasteiger partial charge on any atom is 0.0254 e. The Bertz CT molecular complexity index is 179. The third-order valence-corrected chi connectivity index (χ3v) is 3.43. The van der Waals surface area contributed by atoms with Crippen molar-refractivity contribution in [3.8, 4) is 0 Å². The van der Waals surface area contributed by atoms with E-state index in [0.717, 1.165) is 24.9 Å². The highest BCUT2D eigenvalue weighted by Gasteiger charge is 2.33. The standard InChI is InChI=1S/C10H21N3/c1-10(11)4-8-2-3-12-5-9(8)6-13-7-10/h8-9,12-13H,2-7,11H2,1H3. The Balaban J connectivity index is 2.03. The minimum atomic E-state index is 0.0107. The molecule has 2 fully saturated rings. The van der Waals surface area contributed by atoms with Gasteiger partial charge in [-0.25, -0.2) is 0 Å². The Labute approximate surface area is 80.5 Å². The van der Waals surface area contributed by atoms with E-state index in [9.17, 15) is 0 Å². The fourth-order valence-electron chi connectivity index (χ4n) is 2.70. The van der Waals surface area contributed by atoms with Crippen LogP contribution in [0.25, 0.3) is 0 Å². The zero-order chi connectivity index (χ0) is 9.31. The summed E-state index contributed by atoms with van der Waals surface area (Å²) in [5.74, 6) is 1.64. The molecule has 0 bridgehead atoms. The molecule has 3 heteroatoms. The van der Waals surface area contributed by atoms with Crippen molar-refractivity contribution in [3.63, 3.8) is 0 Å². The van der Waals surface area contributed by atoms with Crippen molar-refractivity contribution in [2.24, 2.45) is 17.6 Å². The molecule has 0 spiro atoms. The fraction of sp³-hybridized carbons (Fsp3) is 1.00. The summed E-state index contributed by atoms with van der Waals surface area (Å²) in [7, 11) is 0. The minimum absolute atomic E-state index is 0.0107. The lowest BCUT2D eigenvalue weighted by atomic mass is 9.79. The first kappa shape index (κ1) is 9.44. The number of rotatable bonds is 0. The molecule has 0 radical (unpaired) electrons. The summed E-state index contributed by atoms with van der Waals surface area (Å²) < 4.78 is 0. The van der Waals surface area contributed by atoms with E-state index >= 15 is 0 Å². The molecular formula is C10H21N3. The van der Waals surface area contributed by atoms with Crippen LogP contribution in [0.5, 0.6) is 0 Å². The predicted octanol–water partition coefficient (Wildman–Crippen LogP) is -0.0772. The molecule has 0 aromatic heterocycles. The summed E-state index contributed by atoms with van der Waals surface area (Å²) in [5.41, 5.74) is 6.21. The fourth-order valence-corrected chi connectivity index (χ4v) is 2.70. The first-order valence-electron chi connectivity index (χ1n) is 5.38. The average molecular weight is 183 g/mol. The van der Waals surface area contributed by atoms with Crippen LogP contribution in [0.2, 0.25) is 0 Å². The Hall–Kier alpha value is -0.120. The van der Waals surface area contributed by atoms with Crippen molar-refractivity contribution in [1.29, 1.82) is 0 Å². The number of nitrogens with two attached hydrogens (primary N) is 1. The molecule has 0 saturated carbocycles. The average Bonchev–Trinajstić information content (AvgIpc) is 2.21. The van der Waals surface area contributed by atoms with Gasteiger partial charge in [-0.2, -0.15) is 0 Å². The molecule has 2 rings (SSSR count). The Morgan fingerprint density at radius 1 is 1.23 bits per heavy atom. The van der Waals surface area contributed by atoms with Crippen LogP contribution in [0.4, 0.5) is 0 Å². The first-order chi connectivity index (χ1) is 6.17. The highest BCUT2D eigenvalue weighted by Crippen LogP contribution is 2.28. The van der Waals surface area contributed by atoms with Gasteiger partial charge in [-0.1, -0.05) is 0 Å². The van der Waals surface area contributed by atoms with Gasteiger partial charge in [-0.3, -0.25) is 0 Å². The second-order valence-electron chi connectivity index (χ2n) is 5.00. The van der Waals surface area contributed by atoms with Crippen LogP contribution < -0.4 is 16.4 Å². The lowest BCUT2D eigenvalue weighted by Crippen LogP contribution is -2.45. The van der Waals surface area contributed by atoms with Crippen LogP contribution in [-0.4, -0.2) is 31.7 Å². The van der Waals surface area contributed by atoms with Crippen molar-refractivity contribution in [1.82, 2.24) is 10.6 Å². The van der Waals surface area contributed by atoms with Crippen molar-refractivity contribution < 1.29 is 0 Å². The zero-order valence-corrected chi connectivity index (χ0v) is 8.47. The number of hydrogen-bond acceptors (Lipinski definition) is 3. The summed E-state index contributed by atoms with van der Waals surface area (Å²) in [6, 6.07) is 0. The van der Waals surface area contributed by atoms with Crippen molar-refractivity contribution >= 4 is 0 Å². The minimum Gasteiger partial charge on any atom is -0.324 e. The van der Waals surface area contributed by atoms with E-state index in [1.807, 2.05) is 0 Å². The number of hydrogen-bond donors (Lipinski definition) is 3. The van der Waals surface area contributed by atoms with Gasteiger partial charge in [0.25, 0.3) is 0 Å². The molecule has 0 amide bonds. The van der Waals surface area contributed by atoms with E-state index in [1.54, 1.807) is 0 Å². The third kappa shape index (κ3) is 2.22. The van der Waals surface area contributed by atoms with Gasteiger partial charge < -0.3 is 16.4 Å². The van der Waals surface area contributed by atoms with Gasteiger partial charge in [-0.05, 0) is 51.2 Å². The van der Waals surface area contributed by atoms with E-state index in [1.165, 1.54) is 25.9 Å². The molecule has 0 aromatic carbocycles. The number of fused-ring (bicyclic) bond motifs is 1. The molecule has 0 aliphatic carbocycles. The van der Waals surface area contributed by atoms with Crippen LogP contribution in [0, 0.1) is 11.8 Å². The Morgan fingerprint density at radius 2 is 2.00 bits per heavy atom. The summed E-state index contributed by atoms with van der Waals surface area (Å²) >= 11 is 0. The molecular weight excluding hydrogens is 162 g/mol. The Kier molecular flexibility index (Phi) is 2.58. The van der Waals surface area contributed by atoms with Crippen molar-refractivity contribution in [2.45, 2.75) is 25.3 Å². The van der Waals surface area contributed by atoms with Gasteiger partial charge >= 0.3 is 0 Å². The van der Waals surface area contributed by atoms with Gasteiger partial charge in [0, 0.05) is 12.1 Å². The summed E-state index contributed by atoms with van der Waals surface area (Å²) in [6.07, 6.45) is 2.49. The maximum absolute atomic E-state index is 6.20. The van der Waals surface area contributed by atoms with E-state index in [-0.39, 0.29) is 5.54 Å². The lowest BCUT2D eigenvalue weighted by molar-refractivity contribution is 0.229. The summed E-state index contributed by atoms with van der Waals surface area (Å²) in [6.45, 7) is 6.64. The van der Waals surface area contributed by atoms with Crippen molar-refractivity contribution in [3.05, 3.63) is 0 Å². The molecule has 13 heavy (non-hydrogen) atoms. The summed E-state index contributed by atoms with van der Waals surface area (Å²) in [5, 5.41) is 6.93. The molecule has 3 atom stereocenters. The van der Waals surface area contributed by atoms with Crippen LogP contribution >= 0.6 is 0 Å². The predicted molar refractivity (Wildman–Crippen MR) is 54.5 cm³/mol. The van der Waals surface area contributed by atoms with Gasteiger partial charge in [0.2, 0.25) is 0 Å². The second-order valence-corrected chi connectivity index (χ2v) is 5.00. The molecule has 2 heterocycles. The Morgan fingerprint density at radius 3 is 2.85 bits per heavy atom. The molecule has 2 aliphatic rings. The van der Waals surface area contributed by atoms with E-state index in [2.05, 4.69) is 17.6 Å². The maximum atomic E-state index is 6.20. The van der Waals surface area contributed by atoms with E-state index in [4.69, 9.17) is 5.73 Å². The van der Waals surface area contributed by atoms with Crippen LogP contribution in [-0.2, 0) is 0 Å². The lowest BCUT2D eigenvalue weighted by Gasteiger charge is -2.33. The largest absolute Gasteiger partial charge is 0.324 e. The van der Waals surface area contributed by atoms with Crippen LogP contribution in [0.3, 0.4) is 0 Å². The SMILES string of the molecule is CC1(N)CNCC2CNCCC2C1.